The monoisotopic (exact) mass is 678 g/mol. The second-order valence-corrected chi connectivity index (χ2v) is 10.8. The summed E-state index contributed by atoms with van der Waals surface area (Å²) < 4.78 is 15.3. The van der Waals surface area contributed by atoms with Crippen molar-refractivity contribution in [2.75, 3.05) is 0 Å². The molecule has 4 rings (SSSR count). The van der Waals surface area contributed by atoms with E-state index in [4.69, 9.17) is 14.2 Å². The molecule has 1 aliphatic carbocycles. The molecule has 4 atom stereocenters. The lowest BCUT2D eigenvalue weighted by Crippen LogP contribution is -2.58. The van der Waals surface area contributed by atoms with Gasteiger partial charge in [-0.15, -0.1) is 0 Å². The Balaban J connectivity index is 1.52. The predicted molar refractivity (Wildman–Crippen MR) is 167 cm³/mol. The third-order valence-electron chi connectivity index (χ3n) is 7.18. The zero-order chi connectivity index (χ0) is 35.9. The van der Waals surface area contributed by atoms with Crippen LogP contribution < -0.4 is 0 Å². The van der Waals surface area contributed by atoms with Gasteiger partial charge in [0.05, 0.1) is 0 Å². The number of hydrogen-bond acceptors (Lipinski definition) is 15. The SMILES string of the molecule is O=C(/C=C\c1ccc(O)c(O)c1)O[C@@H]1CC(O)(C(=O)OC(=O)/C=C/c2ccc(O)c(O)c2)C[C@@H](OC(=O)/C=C/c2ccc(O)c(O)c2)C1O. The summed E-state index contributed by atoms with van der Waals surface area (Å²) >= 11 is 0. The van der Waals surface area contributed by atoms with Crippen LogP contribution in [0, 0.1) is 0 Å². The van der Waals surface area contributed by atoms with Crippen LogP contribution in [0.15, 0.2) is 72.8 Å². The standard InChI is InChI=1S/C34H30O15/c35-21-7-1-18(13-24(21)38)4-10-29(41)47-27-16-34(46,33(45)49-31(43)12-6-20-3-9-23(37)26(40)15-20)17-28(32(27)44)48-30(42)11-5-19-2-8-22(36)25(39)14-19/h1-15,27-28,32,35-40,44,46H,16-17H2/b10-4-,11-5+,12-6+/t27-,28-,32?,34?/m1/s1. The van der Waals surface area contributed by atoms with Crippen LogP contribution in [0.4, 0.5) is 0 Å². The van der Waals surface area contributed by atoms with E-state index in [1.54, 1.807) is 0 Å². The molecule has 0 saturated heterocycles. The summed E-state index contributed by atoms with van der Waals surface area (Å²) in [5.74, 6) is -7.61. The Hall–Kier alpha value is -6.32. The molecule has 1 fully saturated rings. The Morgan fingerprint density at radius 2 is 0.918 bits per heavy atom. The van der Waals surface area contributed by atoms with E-state index in [2.05, 4.69) is 0 Å². The summed E-state index contributed by atoms with van der Waals surface area (Å²) in [5.41, 5.74) is -1.87. The zero-order valence-corrected chi connectivity index (χ0v) is 25.2. The van der Waals surface area contributed by atoms with Crippen molar-refractivity contribution in [2.24, 2.45) is 0 Å². The van der Waals surface area contributed by atoms with E-state index in [1.807, 2.05) is 0 Å². The van der Waals surface area contributed by atoms with Crippen LogP contribution in [0.3, 0.4) is 0 Å². The molecular weight excluding hydrogens is 648 g/mol. The summed E-state index contributed by atoms with van der Waals surface area (Å²) in [6, 6.07) is 10.9. The largest absolute Gasteiger partial charge is 0.504 e. The number of ether oxygens (including phenoxy) is 3. The molecule has 0 spiro atoms. The Labute approximate surface area is 277 Å². The molecule has 1 aliphatic rings. The number of phenols is 6. The van der Waals surface area contributed by atoms with Crippen molar-refractivity contribution in [3.05, 3.63) is 89.5 Å². The van der Waals surface area contributed by atoms with E-state index < -0.39 is 95.1 Å². The van der Waals surface area contributed by atoms with E-state index >= 15 is 0 Å². The van der Waals surface area contributed by atoms with E-state index in [1.165, 1.54) is 42.5 Å². The Kier molecular flexibility index (Phi) is 10.9. The average molecular weight is 679 g/mol. The van der Waals surface area contributed by atoms with Crippen LogP contribution >= 0.6 is 0 Å². The predicted octanol–water partition coefficient (Wildman–Crippen LogP) is 2.14. The highest BCUT2D eigenvalue weighted by Crippen LogP contribution is 2.35. The molecule has 0 bridgehead atoms. The van der Waals surface area contributed by atoms with Gasteiger partial charge in [0.2, 0.25) is 0 Å². The minimum atomic E-state index is -2.64. The van der Waals surface area contributed by atoms with Gasteiger partial charge in [0, 0.05) is 31.1 Å². The molecule has 49 heavy (non-hydrogen) atoms. The lowest BCUT2D eigenvalue weighted by atomic mass is 9.79. The molecule has 3 aromatic rings. The van der Waals surface area contributed by atoms with Gasteiger partial charge in [-0.1, -0.05) is 18.2 Å². The lowest BCUT2D eigenvalue weighted by molar-refractivity contribution is -0.206. The molecule has 15 heteroatoms. The summed E-state index contributed by atoms with van der Waals surface area (Å²) in [7, 11) is 0. The topological polar surface area (TPSA) is 258 Å². The van der Waals surface area contributed by atoms with Crippen molar-refractivity contribution in [3.8, 4) is 34.5 Å². The molecule has 8 N–H and O–H groups in total. The van der Waals surface area contributed by atoms with Crippen molar-refractivity contribution < 1.29 is 74.2 Å². The summed E-state index contributed by atoms with van der Waals surface area (Å²) in [6.45, 7) is 0. The maximum absolute atomic E-state index is 13.1. The average Bonchev–Trinajstić information content (AvgIpc) is 3.05. The highest BCUT2D eigenvalue weighted by molar-refractivity contribution is 5.97. The molecule has 2 unspecified atom stereocenters. The van der Waals surface area contributed by atoms with Crippen molar-refractivity contribution >= 4 is 42.1 Å². The molecule has 3 aromatic carbocycles. The Morgan fingerprint density at radius 1 is 0.571 bits per heavy atom. The van der Waals surface area contributed by atoms with Crippen LogP contribution in [0.25, 0.3) is 18.2 Å². The smallest absolute Gasteiger partial charge is 0.346 e. The Morgan fingerprint density at radius 3 is 1.27 bits per heavy atom. The third kappa shape index (κ3) is 9.37. The fourth-order valence-corrected chi connectivity index (χ4v) is 4.64. The van der Waals surface area contributed by atoms with Gasteiger partial charge < -0.3 is 55.1 Å². The van der Waals surface area contributed by atoms with E-state index in [0.717, 1.165) is 48.6 Å². The highest BCUT2D eigenvalue weighted by Gasteiger charge is 2.53. The number of rotatable bonds is 9. The second kappa shape index (κ2) is 15.1. The molecule has 1 saturated carbocycles. The van der Waals surface area contributed by atoms with Gasteiger partial charge in [-0.3, -0.25) is 0 Å². The van der Waals surface area contributed by atoms with Gasteiger partial charge in [-0.05, 0) is 71.3 Å². The quantitative estimate of drug-likeness (QED) is 0.0530. The number of esters is 4. The van der Waals surface area contributed by atoms with E-state index in [0.29, 0.717) is 0 Å². The number of benzene rings is 3. The molecule has 0 heterocycles. The molecule has 0 aromatic heterocycles. The van der Waals surface area contributed by atoms with Crippen LogP contribution in [-0.4, -0.2) is 88.6 Å². The van der Waals surface area contributed by atoms with Crippen LogP contribution in [0.5, 0.6) is 34.5 Å². The van der Waals surface area contributed by atoms with Crippen LogP contribution in [-0.2, 0) is 33.4 Å². The number of aliphatic hydroxyl groups excluding tert-OH is 1. The van der Waals surface area contributed by atoms with E-state index in [9.17, 15) is 60.0 Å². The zero-order valence-electron chi connectivity index (χ0n) is 25.2. The van der Waals surface area contributed by atoms with Gasteiger partial charge in [0.15, 0.2) is 40.1 Å². The molecule has 0 radical (unpaired) electrons. The van der Waals surface area contributed by atoms with Crippen molar-refractivity contribution in [3.63, 3.8) is 0 Å². The van der Waals surface area contributed by atoms with Gasteiger partial charge in [-0.2, -0.15) is 0 Å². The first-order valence-corrected chi connectivity index (χ1v) is 14.3. The minimum absolute atomic E-state index is 0.240. The summed E-state index contributed by atoms with van der Waals surface area (Å²) in [5, 5.41) is 79.5. The van der Waals surface area contributed by atoms with Crippen molar-refractivity contribution in [2.45, 2.75) is 36.8 Å². The second-order valence-electron chi connectivity index (χ2n) is 10.8. The van der Waals surface area contributed by atoms with Crippen molar-refractivity contribution in [1.82, 2.24) is 0 Å². The fourth-order valence-electron chi connectivity index (χ4n) is 4.64. The first kappa shape index (κ1) is 35.5. The fraction of sp³-hybridized carbons (Fsp3) is 0.176. The van der Waals surface area contributed by atoms with Crippen molar-refractivity contribution in [1.29, 1.82) is 0 Å². The minimum Gasteiger partial charge on any atom is -0.504 e. The summed E-state index contributed by atoms with van der Waals surface area (Å²) in [4.78, 5) is 50.8. The molecule has 0 amide bonds. The van der Waals surface area contributed by atoms with Gasteiger partial charge >= 0.3 is 23.9 Å². The van der Waals surface area contributed by atoms with Crippen LogP contribution in [0.1, 0.15) is 29.5 Å². The van der Waals surface area contributed by atoms with Gasteiger partial charge in [-0.25, -0.2) is 19.2 Å². The Bertz CT molecular complexity index is 1760. The number of phenolic OH excluding ortho intramolecular Hbond substituents is 6. The number of hydrogen-bond donors (Lipinski definition) is 8. The van der Waals surface area contributed by atoms with Crippen LogP contribution in [0.2, 0.25) is 0 Å². The normalized spacial score (nSPS) is 20.7. The molecule has 256 valence electrons. The van der Waals surface area contributed by atoms with E-state index in [-0.39, 0.29) is 16.7 Å². The highest BCUT2D eigenvalue weighted by atomic mass is 16.6. The first-order chi connectivity index (χ1) is 23.1. The lowest BCUT2D eigenvalue weighted by Gasteiger charge is -2.41. The molecule has 15 nitrogen and oxygen atoms in total. The van der Waals surface area contributed by atoms with Gasteiger partial charge in [0.25, 0.3) is 0 Å². The maximum Gasteiger partial charge on any atom is 0.346 e. The molecular formula is C34H30O15. The number of carbonyl (C=O) groups is 4. The van der Waals surface area contributed by atoms with Gasteiger partial charge in [0.1, 0.15) is 18.3 Å². The first-order valence-electron chi connectivity index (χ1n) is 14.3. The maximum atomic E-state index is 13.1. The third-order valence-corrected chi connectivity index (χ3v) is 7.18. The number of aromatic hydroxyl groups is 6. The summed E-state index contributed by atoms with van der Waals surface area (Å²) in [6.07, 6.45) is -0.701. The molecule has 0 aliphatic heterocycles. The number of carbonyl (C=O) groups excluding carboxylic acids is 4. The number of aliphatic hydroxyl groups is 2.